The maximum atomic E-state index is 4.44. The van der Waals surface area contributed by atoms with E-state index >= 15 is 0 Å². The van der Waals surface area contributed by atoms with Gasteiger partial charge in [0.2, 0.25) is 11.9 Å². The summed E-state index contributed by atoms with van der Waals surface area (Å²) in [6, 6.07) is 1.84. The van der Waals surface area contributed by atoms with Crippen molar-refractivity contribution in [3.8, 4) is 5.95 Å². The highest BCUT2D eigenvalue weighted by atomic mass is 15.5. The SMILES string of the molecule is CCNc1nc(NN2CCCCC2)nc(-n2cccn2)n1. The molecule has 21 heavy (non-hydrogen) atoms. The average Bonchev–Trinajstić information content (AvgIpc) is 3.03. The molecule has 0 spiro atoms. The summed E-state index contributed by atoms with van der Waals surface area (Å²) in [4.78, 5) is 13.2. The van der Waals surface area contributed by atoms with Crippen LogP contribution in [0.3, 0.4) is 0 Å². The van der Waals surface area contributed by atoms with Crippen molar-refractivity contribution in [1.29, 1.82) is 0 Å². The topological polar surface area (TPSA) is 83.8 Å². The number of nitrogens with one attached hydrogen (secondary N) is 2. The fraction of sp³-hybridized carbons (Fsp3) is 0.538. The highest BCUT2D eigenvalue weighted by Gasteiger charge is 2.13. The van der Waals surface area contributed by atoms with Crippen molar-refractivity contribution in [3.63, 3.8) is 0 Å². The smallest absolute Gasteiger partial charge is 0.257 e. The molecule has 0 atom stereocenters. The van der Waals surface area contributed by atoms with Crippen LogP contribution in [-0.4, -0.2) is 49.4 Å². The molecule has 8 heteroatoms. The van der Waals surface area contributed by atoms with Crippen LogP contribution >= 0.6 is 0 Å². The minimum Gasteiger partial charge on any atom is -0.354 e. The Kier molecular flexibility index (Phi) is 4.25. The highest BCUT2D eigenvalue weighted by molar-refractivity contribution is 5.37. The van der Waals surface area contributed by atoms with Crippen LogP contribution in [0.4, 0.5) is 11.9 Å². The zero-order chi connectivity index (χ0) is 14.5. The Labute approximate surface area is 123 Å². The van der Waals surface area contributed by atoms with Crippen molar-refractivity contribution >= 4 is 11.9 Å². The van der Waals surface area contributed by atoms with E-state index in [2.05, 4.69) is 35.8 Å². The fourth-order valence-electron chi connectivity index (χ4n) is 2.29. The molecule has 8 nitrogen and oxygen atoms in total. The minimum absolute atomic E-state index is 0.505. The van der Waals surface area contributed by atoms with Crippen molar-refractivity contribution in [2.24, 2.45) is 0 Å². The maximum Gasteiger partial charge on any atom is 0.257 e. The summed E-state index contributed by atoms with van der Waals surface area (Å²) in [5.41, 5.74) is 3.27. The van der Waals surface area contributed by atoms with Crippen LogP contribution in [0.5, 0.6) is 0 Å². The number of hydrazine groups is 1. The zero-order valence-corrected chi connectivity index (χ0v) is 12.2. The standard InChI is InChI=1S/C13H20N8/c1-2-14-11-16-12(19-20-8-4-3-5-9-20)18-13(17-11)21-10-6-7-15-21/h6-7,10H,2-5,8-9H2,1H3,(H2,14,16,17,18,19). The van der Waals surface area contributed by atoms with Crippen LogP contribution in [0, 0.1) is 0 Å². The van der Waals surface area contributed by atoms with E-state index in [9.17, 15) is 0 Å². The van der Waals surface area contributed by atoms with Crippen LogP contribution in [0.25, 0.3) is 5.95 Å². The van der Waals surface area contributed by atoms with E-state index in [1.54, 1.807) is 10.9 Å². The van der Waals surface area contributed by atoms with Gasteiger partial charge in [0.1, 0.15) is 0 Å². The summed E-state index contributed by atoms with van der Waals surface area (Å²) in [7, 11) is 0. The number of rotatable bonds is 5. The predicted octanol–water partition coefficient (Wildman–Crippen LogP) is 1.30. The van der Waals surface area contributed by atoms with Crippen LogP contribution in [0.2, 0.25) is 0 Å². The van der Waals surface area contributed by atoms with Gasteiger partial charge in [-0.25, -0.2) is 9.69 Å². The van der Waals surface area contributed by atoms with E-state index in [0.29, 0.717) is 17.8 Å². The minimum atomic E-state index is 0.505. The summed E-state index contributed by atoms with van der Waals surface area (Å²) in [5, 5.41) is 9.45. The second kappa shape index (κ2) is 6.49. The first-order chi connectivity index (χ1) is 10.3. The number of anilines is 2. The molecular weight excluding hydrogens is 268 g/mol. The molecular formula is C13H20N8. The molecule has 1 aliphatic heterocycles. The number of hydrogen-bond donors (Lipinski definition) is 2. The number of piperidine rings is 1. The molecule has 0 amide bonds. The lowest BCUT2D eigenvalue weighted by atomic mass is 10.2. The van der Waals surface area contributed by atoms with Crippen molar-refractivity contribution in [2.75, 3.05) is 30.4 Å². The van der Waals surface area contributed by atoms with Gasteiger partial charge in [-0.05, 0) is 25.8 Å². The van der Waals surface area contributed by atoms with Gasteiger partial charge in [0.25, 0.3) is 5.95 Å². The molecule has 0 bridgehead atoms. The summed E-state index contributed by atoms with van der Waals surface area (Å²) in [5.74, 6) is 1.61. The molecule has 3 heterocycles. The summed E-state index contributed by atoms with van der Waals surface area (Å²) in [6.07, 6.45) is 7.20. The molecule has 0 unspecified atom stereocenters. The molecule has 2 aromatic rings. The Morgan fingerprint density at radius 3 is 2.62 bits per heavy atom. The molecule has 3 rings (SSSR count). The van der Waals surface area contributed by atoms with Gasteiger partial charge in [0, 0.05) is 32.0 Å². The number of nitrogens with zero attached hydrogens (tertiary/aromatic N) is 6. The first-order valence-electron chi connectivity index (χ1n) is 7.37. The average molecular weight is 288 g/mol. The molecule has 0 aliphatic carbocycles. The van der Waals surface area contributed by atoms with Crippen LogP contribution < -0.4 is 10.7 Å². The molecule has 112 valence electrons. The maximum absolute atomic E-state index is 4.44. The van der Waals surface area contributed by atoms with Gasteiger partial charge < -0.3 is 5.32 Å². The Morgan fingerprint density at radius 2 is 1.90 bits per heavy atom. The predicted molar refractivity (Wildman–Crippen MR) is 80.2 cm³/mol. The Morgan fingerprint density at radius 1 is 1.10 bits per heavy atom. The normalized spacial score (nSPS) is 15.9. The van der Waals surface area contributed by atoms with Gasteiger partial charge in [-0.2, -0.15) is 20.1 Å². The molecule has 0 saturated carbocycles. The van der Waals surface area contributed by atoms with E-state index in [0.717, 1.165) is 19.6 Å². The number of hydrogen-bond acceptors (Lipinski definition) is 7. The third kappa shape index (κ3) is 3.46. The van der Waals surface area contributed by atoms with E-state index in [1.807, 2.05) is 19.2 Å². The molecule has 2 N–H and O–H groups in total. The van der Waals surface area contributed by atoms with Gasteiger partial charge in [-0.3, -0.25) is 5.43 Å². The molecule has 0 aromatic carbocycles. The lowest BCUT2D eigenvalue weighted by molar-refractivity contribution is 0.271. The molecule has 1 fully saturated rings. The van der Waals surface area contributed by atoms with E-state index in [1.165, 1.54) is 19.3 Å². The fourth-order valence-corrected chi connectivity index (χ4v) is 2.29. The van der Waals surface area contributed by atoms with Crippen molar-refractivity contribution in [2.45, 2.75) is 26.2 Å². The second-order valence-corrected chi connectivity index (χ2v) is 4.92. The molecule has 1 saturated heterocycles. The van der Waals surface area contributed by atoms with Gasteiger partial charge in [0.15, 0.2) is 0 Å². The quantitative estimate of drug-likeness (QED) is 0.858. The Balaban J connectivity index is 1.84. The van der Waals surface area contributed by atoms with E-state index < -0.39 is 0 Å². The van der Waals surface area contributed by atoms with Gasteiger partial charge >= 0.3 is 0 Å². The van der Waals surface area contributed by atoms with Crippen LogP contribution in [0.15, 0.2) is 18.5 Å². The van der Waals surface area contributed by atoms with Crippen molar-refractivity contribution in [1.82, 2.24) is 29.7 Å². The second-order valence-electron chi connectivity index (χ2n) is 4.92. The van der Waals surface area contributed by atoms with E-state index in [-0.39, 0.29) is 0 Å². The first-order valence-corrected chi connectivity index (χ1v) is 7.37. The third-order valence-corrected chi connectivity index (χ3v) is 3.28. The Bertz CT molecular complexity index is 562. The number of aromatic nitrogens is 5. The monoisotopic (exact) mass is 288 g/mol. The van der Waals surface area contributed by atoms with Crippen molar-refractivity contribution in [3.05, 3.63) is 18.5 Å². The van der Waals surface area contributed by atoms with Crippen molar-refractivity contribution < 1.29 is 0 Å². The van der Waals surface area contributed by atoms with Crippen LogP contribution in [0.1, 0.15) is 26.2 Å². The zero-order valence-electron chi connectivity index (χ0n) is 12.2. The van der Waals surface area contributed by atoms with Gasteiger partial charge in [-0.15, -0.1) is 0 Å². The largest absolute Gasteiger partial charge is 0.354 e. The van der Waals surface area contributed by atoms with Crippen LogP contribution in [-0.2, 0) is 0 Å². The summed E-state index contributed by atoms with van der Waals surface area (Å²) >= 11 is 0. The van der Waals surface area contributed by atoms with Gasteiger partial charge in [-0.1, -0.05) is 6.42 Å². The summed E-state index contributed by atoms with van der Waals surface area (Å²) in [6.45, 7) is 4.79. The first kappa shape index (κ1) is 13.7. The molecule has 1 aliphatic rings. The Hall–Kier alpha value is -2.22. The summed E-state index contributed by atoms with van der Waals surface area (Å²) < 4.78 is 1.63. The third-order valence-electron chi connectivity index (χ3n) is 3.28. The molecule has 2 aromatic heterocycles. The lowest BCUT2D eigenvalue weighted by Gasteiger charge is -2.26. The van der Waals surface area contributed by atoms with E-state index in [4.69, 9.17) is 0 Å². The molecule has 0 radical (unpaired) electrons. The van der Waals surface area contributed by atoms with Gasteiger partial charge in [0.05, 0.1) is 0 Å². The highest BCUT2D eigenvalue weighted by Crippen LogP contribution is 2.12. The lowest BCUT2D eigenvalue weighted by Crippen LogP contribution is -2.35.